The van der Waals surface area contributed by atoms with Gasteiger partial charge in [0.1, 0.15) is 0 Å². The second kappa shape index (κ2) is 6.89. The van der Waals surface area contributed by atoms with E-state index in [0.29, 0.717) is 5.92 Å². The van der Waals surface area contributed by atoms with Crippen LogP contribution in [0.15, 0.2) is 0 Å². The van der Waals surface area contributed by atoms with E-state index in [1.165, 1.54) is 12.8 Å². The number of nitrogens with one attached hydrogen (secondary N) is 1. The fourth-order valence-electron chi connectivity index (χ4n) is 2.85. The number of hydrogen-bond donors (Lipinski definition) is 2. The van der Waals surface area contributed by atoms with Crippen molar-refractivity contribution in [3.8, 4) is 0 Å². The summed E-state index contributed by atoms with van der Waals surface area (Å²) in [7, 11) is 0. The summed E-state index contributed by atoms with van der Waals surface area (Å²) < 4.78 is 0. The van der Waals surface area contributed by atoms with Gasteiger partial charge < -0.3 is 10.4 Å². The normalized spacial score (nSPS) is 27.6. The Morgan fingerprint density at radius 1 is 1.31 bits per heavy atom. The zero-order valence-electron chi connectivity index (χ0n) is 10.5. The van der Waals surface area contributed by atoms with Crippen molar-refractivity contribution in [1.29, 1.82) is 0 Å². The van der Waals surface area contributed by atoms with Crippen molar-refractivity contribution in [3.63, 3.8) is 0 Å². The predicted molar refractivity (Wildman–Crippen MR) is 65.4 cm³/mol. The topological polar surface area (TPSA) is 49.3 Å². The number of hydrogen-bond acceptors (Lipinski definition) is 2. The highest BCUT2D eigenvalue weighted by molar-refractivity contribution is 5.70. The van der Waals surface area contributed by atoms with Crippen molar-refractivity contribution < 1.29 is 9.90 Å². The van der Waals surface area contributed by atoms with Gasteiger partial charge in [-0.3, -0.25) is 4.79 Å². The highest BCUT2D eigenvalue weighted by atomic mass is 16.4. The Hall–Kier alpha value is -0.570. The summed E-state index contributed by atoms with van der Waals surface area (Å²) in [5.74, 6) is 0.473. The van der Waals surface area contributed by atoms with E-state index in [0.717, 1.165) is 38.3 Å². The summed E-state index contributed by atoms with van der Waals surface area (Å²) in [6.07, 6.45) is 5.36. The molecule has 2 N–H and O–H groups in total. The quantitative estimate of drug-likeness (QED) is 0.733. The van der Waals surface area contributed by atoms with Crippen molar-refractivity contribution in [1.82, 2.24) is 5.32 Å². The third kappa shape index (κ3) is 3.78. The summed E-state index contributed by atoms with van der Waals surface area (Å²) in [4.78, 5) is 11.1. The van der Waals surface area contributed by atoms with Gasteiger partial charge in [-0.1, -0.05) is 13.8 Å². The molecule has 0 saturated heterocycles. The van der Waals surface area contributed by atoms with Crippen LogP contribution in [0.25, 0.3) is 0 Å². The van der Waals surface area contributed by atoms with Gasteiger partial charge >= 0.3 is 5.97 Å². The molecule has 1 saturated carbocycles. The van der Waals surface area contributed by atoms with Gasteiger partial charge in [-0.2, -0.15) is 0 Å². The molecule has 3 nitrogen and oxygen atoms in total. The highest BCUT2D eigenvalue weighted by Crippen LogP contribution is 2.34. The smallest absolute Gasteiger partial charge is 0.306 e. The van der Waals surface area contributed by atoms with Crippen molar-refractivity contribution in [3.05, 3.63) is 0 Å². The molecule has 0 heterocycles. The van der Waals surface area contributed by atoms with Gasteiger partial charge in [0.25, 0.3) is 0 Å². The van der Waals surface area contributed by atoms with E-state index >= 15 is 0 Å². The minimum Gasteiger partial charge on any atom is -0.481 e. The van der Waals surface area contributed by atoms with E-state index in [2.05, 4.69) is 12.2 Å². The molecule has 1 fully saturated rings. The Balaban J connectivity index is 2.33. The average molecular weight is 227 g/mol. The first-order chi connectivity index (χ1) is 7.69. The van der Waals surface area contributed by atoms with E-state index in [-0.39, 0.29) is 5.92 Å². The van der Waals surface area contributed by atoms with E-state index in [4.69, 9.17) is 5.11 Å². The molecular formula is C13H25NO2. The Bertz CT molecular complexity index is 210. The van der Waals surface area contributed by atoms with Crippen LogP contribution in [0.5, 0.6) is 0 Å². The van der Waals surface area contributed by atoms with Gasteiger partial charge in [-0.05, 0) is 57.0 Å². The monoisotopic (exact) mass is 227 g/mol. The lowest BCUT2D eigenvalue weighted by atomic mass is 9.75. The number of carboxylic acids is 1. The molecule has 1 aliphatic carbocycles. The van der Waals surface area contributed by atoms with E-state index in [1.54, 1.807) is 0 Å². The first kappa shape index (κ1) is 13.5. The summed E-state index contributed by atoms with van der Waals surface area (Å²) >= 11 is 0. The van der Waals surface area contributed by atoms with Crippen LogP contribution in [0.2, 0.25) is 0 Å². The third-order valence-electron chi connectivity index (χ3n) is 3.90. The zero-order valence-corrected chi connectivity index (χ0v) is 10.5. The lowest BCUT2D eigenvalue weighted by molar-refractivity contribution is -0.144. The molecule has 0 bridgehead atoms. The Morgan fingerprint density at radius 2 is 1.94 bits per heavy atom. The minimum absolute atomic E-state index is 0.111. The Labute approximate surface area is 98.6 Å². The molecule has 0 aromatic heterocycles. The lowest BCUT2D eigenvalue weighted by Crippen LogP contribution is -2.31. The van der Waals surface area contributed by atoms with Crippen LogP contribution in [0, 0.1) is 17.8 Å². The van der Waals surface area contributed by atoms with Gasteiger partial charge in [0.15, 0.2) is 0 Å². The Morgan fingerprint density at radius 3 is 2.38 bits per heavy atom. The summed E-state index contributed by atoms with van der Waals surface area (Å²) in [6.45, 7) is 6.26. The molecule has 0 aromatic carbocycles. The third-order valence-corrected chi connectivity index (χ3v) is 3.90. The van der Waals surface area contributed by atoms with E-state index < -0.39 is 5.97 Å². The summed E-state index contributed by atoms with van der Waals surface area (Å²) in [5.41, 5.74) is 0. The molecule has 16 heavy (non-hydrogen) atoms. The largest absolute Gasteiger partial charge is 0.481 e. The fourth-order valence-corrected chi connectivity index (χ4v) is 2.85. The van der Waals surface area contributed by atoms with Gasteiger partial charge in [0.05, 0.1) is 5.92 Å². The minimum atomic E-state index is -0.599. The van der Waals surface area contributed by atoms with Crippen molar-refractivity contribution in [2.24, 2.45) is 17.8 Å². The molecular weight excluding hydrogens is 202 g/mol. The molecule has 1 aliphatic rings. The van der Waals surface area contributed by atoms with E-state index in [1.807, 2.05) is 6.92 Å². The molecule has 1 atom stereocenters. The van der Waals surface area contributed by atoms with Gasteiger partial charge in [-0.25, -0.2) is 0 Å². The van der Waals surface area contributed by atoms with Crippen LogP contribution in [0.4, 0.5) is 0 Å². The first-order valence-corrected chi connectivity index (χ1v) is 6.62. The SMILES string of the molecule is CCNC[C@H]1CC[C@H](C(CC)C(=O)O)CC1. The van der Waals surface area contributed by atoms with Gasteiger partial charge in [0.2, 0.25) is 0 Å². The maximum Gasteiger partial charge on any atom is 0.306 e. The molecule has 1 rings (SSSR count). The van der Waals surface area contributed by atoms with Crippen LogP contribution >= 0.6 is 0 Å². The van der Waals surface area contributed by atoms with Crippen molar-refractivity contribution in [2.45, 2.75) is 46.0 Å². The van der Waals surface area contributed by atoms with Crippen molar-refractivity contribution in [2.75, 3.05) is 13.1 Å². The van der Waals surface area contributed by atoms with Crippen molar-refractivity contribution >= 4 is 5.97 Å². The standard InChI is InChI=1S/C13H25NO2/c1-3-12(13(15)16)11-7-5-10(6-8-11)9-14-4-2/h10-12,14H,3-9H2,1-2H3,(H,15,16)/t10-,11-,12?. The molecule has 0 amide bonds. The number of carboxylic acid groups (broad SMARTS) is 1. The van der Waals surface area contributed by atoms with Crippen LogP contribution in [0.1, 0.15) is 46.0 Å². The predicted octanol–water partition coefficient (Wildman–Crippen LogP) is 2.51. The molecule has 0 aliphatic heterocycles. The highest BCUT2D eigenvalue weighted by Gasteiger charge is 2.30. The van der Waals surface area contributed by atoms with Crippen LogP contribution in [0.3, 0.4) is 0 Å². The molecule has 1 unspecified atom stereocenters. The second-order valence-electron chi connectivity index (χ2n) is 4.94. The van der Waals surface area contributed by atoms with Crippen LogP contribution in [-0.2, 0) is 4.79 Å². The van der Waals surface area contributed by atoms with E-state index in [9.17, 15) is 4.79 Å². The maximum absolute atomic E-state index is 11.1. The Kier molecular flexibility index (Phi) is 5.81. The maximum atomic E-state index is 11.1. The lowest BCUT2D eigenvalue weighted by Gasteiger charge is -2.31. The number of aliphatic carboxylic acids is 1. The van der Waals surface area contributed by atoms with Crippen LogP contribution < -0.4 is 5.32 Å². The molecule has 0 spiro atoms. The molecule has 0 radical (unpaired) electrons. The second-order valence-corrected chi connectivity index (χ2v) is 4.94. The summed E-state index contributed by atoms with van der Waals surface area (Å²) in [6, 6.07) is 0. The van der Waals surface area contributed by atoms with Gasteiger partial charge in [0, 0.05) is 0 Å². The average Bonchev–Trinajstić information content (AvgIpc) is 2.28. The molecule has 3 heteroatoms. The fraction of sp³-hybridized carbons (Fsp3) is 0.923. The number of rotatable bonds is 6. The number of carbonyl (C=O) groups is 1. The van der Waals surface area contributed by atoms with Crippen LogP contribution in [-0.4, -0.2) is 24.2 Å². The molecule has 94 valence electrons. The molecule has 0 aromatic rings. The van der Waals surface area contributed by atoms with Gasteiger partial charge in [-0.15, -0.1) is 0 Å². The zero-order chi connectivity index (χ0) is 12.0. The summed E-state index contributed by atoms with van der Waals surface area (Å²) in [5, 5.41) is 12.5. The first-order valence-electron chi connectivity index (χ1n) is 6.62.